The van der Waals surface area contributed by atoms with Gasteiger partial charge in [-0.25, -0.2) is 4.98 Å². The largest absolute Gasteiger partial charge is 0.341 e. The highest BCUT2D eigenvalue weighted by Gasteiger charge is 2.23. The number of nitrogens with zero attached hydrogens (tertiary/aromatic N) is 4. The number of carbonyl (C=O) groups excluding carboxylic acids is 1. The predicted molar refractivity (Wildman–Crippen MR) is 87.1 cm³/mol. The van der Waals surface area contributed by atoms with Crippen molar-refractivity contribution in [3.63, 3.8) is 0 Å². The van der Waals surface area contributed by atoms with Gasteiger partial charge in [0.25, 0.3) is 5.91 Å². The zero-order valence-corrected chi connectivity index (χ0v) is 13.1. The molecule has 23 heavy (non-hydrogen) atoms. The molecule has 3 aromatic rings. The van der Waals surface area contributed by atoms with Gasteiger partial charge in [-0.1, -0.05) is 6.07 Å². The van der Waals surface area contributed by atoms with E-state index in [2.05, 4.69) is 19.7 Å². The fraction of sp³-hybridized carbons (Fsp3) is 0.353. The van der Waals surface area contributed by atoms with Crippen LogP contribution in [0.1, 0.15) is 22.6 Å². The Bertz CT molecular complexity index is 849. The summed E-state index contributed by atoms with van der Waals surface area (Å²) in [5, 5.41) is 7.82. The van der Waals surface area contributed by atoms with E-state index in [0.717, 1.165) is 42.7 Å². The van der Waals surface area contributed by atoms with E-state index in [1.54, 1.807) is 6.20 Å². The average molecular weight is 309 g/mol. The normalized spacial score (nSPS) is 17.2. The van der Waals surface area contributed by atoms with Crippen LogP contribution in [0, 0.1) is 5.92 Å². The van der Waals surface area contributed by atoms with Crippen LogP contribution in [0.25, 0.3) is 10.9 Å². The number of aromatic amines is 1. The number of amides is 1. The van der Waals surface area contributed by atoms with Gasteiger partial charge in [-0.2, -0.15) is 5.10 Å². The molecule has 1 aromatic carbocycles. The van der Waals surface area contributed by atoms with Crippen LogP contribution in [0.4, 0.5) is 0 Å². The summed E-state index contributed by atoms with van der Waals surface area (Å²) in [5.74, 6) is 1.67. The molecule has 0 radical (unpaired) electrons. The molecule has 2 aromatic heterocycles. The van der Waals surface area contributed by atoms with Crippen molar-refractivity contribution in [2.75, 3.05) is 13.6 Å². The van der Waals surface area contributed by atoms with Crippen molar-refractivity contribution in [3.05, 3.63) is 48.2 Å². The molecule has 0 spiro atoms. The standard InChI is InChI=1S/C17H19N5O/c1-21(10-12-5-6-16-18-7-8-22(16)11-12)17(23)13-3-2-4-15-14(13)9-19-20-15/h2-4,7-9,12H,5-6,10-11H2,1H3,(H,19,20). The minimum Gasteiger partial charge on any atom is -0.341 e. The number of rotatable bonds is 3. The van der Waals surface area contributed by atoms with Gasteiger partial charge in [0.1, 0.15) is 5.82 Å². The second-order valence-electron chi connectivity index (χ2n) is 6.22. The van der Waals surface area contributed by atoms with Crippen LogP contribution in [-0.2, 0) is 13.0 Å². The Balaban J connectivity index is 1.50. The zero-order valence-electron chi connectivity index (χ0n) is 13.1. The second kappa shape index (κ2) is 5.53. The maximum absolute atomic E-state index is 12.8. The molecule has 4 rings (SSSR count). The third-order valence-electron chi connectivity index (χ3n) is 4.63. The quantitative estimate of drug-likeness (QED) is 0.805. The average Bonchev–Trinajstić information content (AvgIpc) is 3.21. The van der Waals surface area contributed by atoms with Crippen molar-refractivity contribution in [3.8, 4) is 0 Å². The number of H-pyrrole nitrogens is 1. The first kappa shape index (κ1) is 14.0. The third kappa shape index (κ3) is 2.50. The first-order valence-electron chi connectivity index (χ1n) is 7.90. The molecule has 1 N–H and O–H groups in total. The van der Waals surface area contributed by atoms with E-state index in [9.17, 15) is 4.79 Å². The minimum atomic E-state index is 0.0495. The molecule has 0 saturated heterocycles. The molecule has 1 amide bonds. The number of nitrogens with one attached hydrogen (secondary N) is 1. The highest BCUT2D eigenvalue weighted by atomic mass is 16.2. The van der Waals surface area contributed by atoms with Crippen LogP contribution in [0.5, 0.6) is 0 Å². The van der Waals surface area contributed by atoms with Gasteiger partial charge in [0, 0.05) is 44.3 Å². The second-order valence-corrected chi connectivity index (χ2v) is 6.22. The summed E-state index contributed by atoms with van der Waals surface area (Å²) in [5.41, 5.74) is 1.60. The van der Waals surface area contributed by atoms with Gasteiger partial charge in [0.05, 0.1) is 17.3 Å². The van der Waals surface area contributed by atoms with Crippen LogP contribution in [0.3, 0.4) is 0 Å². The smallest absolute Gasteiger partial charge is 0.254 e. The van der Waals surface area contributed by atoms with E-state index in [1.807, 2.05) is 42.5 Å². The minimum absolute atomic E-state index is 0.0495. The molecule has 0 saturated carbocycles. The summed E-state index contributed by atoms with van der Waals surface area (Å²) in [6, 6.07) is 5.69. The Morgan fingerprint density at radius 1 is 1.48 bits per heavy atom. The van der Waals surface area contributed by atoms with Gasteiger partial charge >= 0.3 is 0 Å². The third-order valence-corrected chi connectivity index (χ3v) is 4.63. The van der Waals surface area contributed by atoms with Crippen molar-refractivity contribution in [1.82, 2.24) is 24.6 Å². The van der Waals surface area contributed by atoms with Crippen LogP contribution < -0.4 is 0 Å². The number of aromatic nitrogens is 4. The highest BCUT2D eigenvalue weighted by Crippen LogP contribution is 2.22. The molecule has 3 heterocycles. The summed E-state index contributed by atoms with van der Waals surface area (Å²) in [6.45, 7) is 1.69. The molecule has 6 nitrogen and oxygen atoms in total. The number of hydrogen-bond donors (Lipinski definition) is 1. The summed E-state index contributed by atoms with van der Waals surface area (Å²) >= 11 is 0. The van der Waals surface area contributed by atoms with Crippen LogP contribution >= 0.6 is 0 Å². The lowest BCUT2D eigenvalue weighted by molar-refractivity contribution is 0.0762. The molecule has 1 unspecified atom stereocenters. The number of hydrogen-bond acceptors (Lipinski definition) is 3. The Morgan fingerprint density at radius 2 is 2.39 bits per heavy atom. The summed E-state index contributed by atoms with van der Waals surface area (Å²) in [7, 11) is 1.88. The molecule has 1 aliphatic rings. The van der Waals surface area contributed by atoms with Crippen molar-refractivity contribution in [2.24, 2.45) is 5.92 Å². The van der Waals surface area contributed by atoms with Crippen molar-refractivity contribution >= 4 is 16.8 Å². The number of fused-ring (bicyclic) bond motifs is 2. The Morgan fingerprint density at radius 3 is 3.30 bits per heavy atom. The van der Waals surface area contributed by atoms with E-state index in [0.29, 0.717) is 11.5 Å². The van der Waals surface area contributed by atoms with Gasteiger partial charge in [-0.15, -0.1) is 0 Å². The van der Waals surface area contributed by atoms with Gasteiger partial charge in [-0.05, 0) is 24.5 Å². The maximum Gasteiger partial charge on any atom is 0.254 e. The van der Waals surface area contributed by atoms with Crippen LogP contribution in [0.2, 0.25) is 0 Å². The van der Waals surface area contributed by atoms with Gasteiger partial charge in [-0.3, -0.25) is 9.89 Å². The van der Waals surface area contributed by atoms with Gasteiger partial charge < -0.3 is 9.47 Å². The molecule has 6 heteroatoms. The summed E-state index contributed by atoms with van der Waals surface area (Å²) in [4.78, 5) is 19.0. The van der Waals surface area contributed by atoms with E-state index >= 15 is 0 Å². The van der Waals surface area contributed by atoms with Gasteiger partial charge in [0.15, 0.2) is 0 Å². The molecular weight excluding hydrogens is 290 g/mol. The highest BCUT2D eigenvalue weighted by molar-refractivity contribution is 6.05. The lowest BCUT2D eigenvalue weighted by Crippen LogP contribution is -2.35. The molecule has 0 bridgehead atoms. The topological polar surface area (TPSA) is 66.8 Å². The number of aryl methyl sites for hydroxylation is 1. The fourth-order valence-electron chi connectivity index (χ4n) is 3.42. The summed E-state index contributed by atoms with van der Waals surface area (Å²) < 4.78 is 2.20. The maximum atomic E-state index is 12.8. The fourth-order valence-corrected chi connectivity index (χ4v) is 3.42. The zero-order chi connectivity index (χ0) is 15.8. The first-order valence-corrected chi connectivity index (χ1v) is 7.90. The molecule has 0 fully saturated rings. The first-order chi connectivity index (χ1) is 11.2. The molecule has 118 valence electrons. The Hall–Kier alpha value is -2.63. The monoisotopic (exact) mass is 309 g/mol. The summed E-state index contributed by atoms with van der Waals surface area (Å²) in [6.07, 6.45) is 7.65. The van der Waals surface area contributed by atoms with Crippen molar-refractivity contribution in [2.45, 2.75) is 19.4 Å². The van der Waals surface area contributed by atoms with E-state index < -0.39 is 0 Å². The van der Waals surface area contributed by atoms with Crippen molar-refractivity contribution in [1.29, 1.82) is 0 Å². The van der Waals surface area contributed by atoms with E-state index in [1.165, 1.54) is 0 Å². The van der Waals surface area contributed by atoms with Crippen molar-refractivity contribution < 1.29 is 4.79 Å². The van der Waals surface area contributed by atoms with E-state index in [-0.39, 0.29) is 5.91 Å². The number of benzene rings is 1. The predicted octanol–water partition coefficient (Wildman–Crippen LogP) is 2.09. The van der Waals surface area contributed by atoms with Crippen LogP contribution in [-0.4, -0.2) is 44.1 Å². The Kier molecular flexibility index (Phi) is 3.37. The van der Waals surface area contributed by atoms with Gasteiger partial charge in [0.2, 0.25) is 0 Å². The van der Waals surface area contributed by atoms with Crippen LogP contribution in [0.15, 0.2) is 36.8 Å². The molecular formula is C17H19N5O. The number of carbonyl (C=O) groups is 1. The SMILES string of the molecule is CN(CC1CCc2nccn2C1)C(=O)c1cccc2[nH]ncc12. The van der Waals surface area contributed by atoms with E-state index in [4.69, 9.17) is 0 Å². The lowest BCUT2D eigenvalue weighted by Gasteiger charge is -2.28. The lowest BCUT2D eigenvalue weighted by atomic mass is 9.98. The Labute approximate surface area is 134 Å². The number of imidazole rings is 1. The molecule has 1 atom stereocenters. The molecule has 0 aliphatic carbocycles. The molecule has 1 aliphatic heterocycles.